The number of carbonyl (C=O) groups is 3. The number of hydrogen-bond donors (Lipinski definition) is 4. The lowest BCUT2D eigenvalue weighted by Gasteiger charge is -2.56. The van der Waals surface area contributed by atoms with Crippen LogP contribution in [0.2, 0.25) is 0 Å². The molecule has 7 nitrogen and oxygen atoms in total. The molecule has 1 saturated carbocycles. The van der Waals surface area contributed by atoms with E-state index in [2.05, 4.69) is 32.9 Å². The van der Waals surface area contributed by atoms with E-state index in [1.165, 1.54) is 11.6 Å². The average Bonchev–Trinajstić information content (AvgIpc) is 2.81. The van der Waals surface area contributed by atoms with Crippen LogP contribution in [0, 0.1) is 16.2 Å². The summed E-state index contributed by atoms with van der Waals surface area (Å²) in [6.45, 7) is 11.0. The van der Waals surface area contributed by atoms with Crippen molar-refractivity contribution >= 4 is 23.1 Å². The molecule has 3 aliphatic rings. The SMILES string of the molecule is CC(=O)C1=C(O)[C@]2(O)C(=O)C3=C(O)c4c(O)ccc(-c5ccc(CC(C)(C)C)cc5)c4C[C@]3(C)C[C@]2(C)CC1=O. The predicted molar refractivity (Wildman–Crippen MR) is 151 cm³/mol. The molecule has 0 heterocycles. The smallest absolute Gasteiger partial charge is 0.203 e. The van der Waals surface area contributed by atoms with E-state index in [9.17, 15) is 34.8 Å². The highest BCUT2D eigenvalue weighted by molar-refractivity contribution is 6.23. The van der Waals surface area contributed by atoms with Crippen LogP contribution in [0.15, 0.2) is 53.3 Å². The Bertz CT molecular complexity index is 1550. The third-order valence-electron chi connectivity index (χ3n) is 8.91. The fourth-order valence-corrected chi connectivity index (χ4v) is 7.34. The predicted octanol–water partition coefficient (Wildman–Crippen LogP) is 5.56. The van der Waals surface area contributed by atoms with Crippen molar-refractivity contribution in [2.75, 3.05) is 0 Å². The van der Waals surface area contributed by atoms with E-state index in [-0.39, 0.29) is 41.6 Å². The van der Waals surface area contributed by atoms with Crippen LogP contribution in [0.1, 0.15) is 71.1 Å². The Labute approximate surface area is 233 Å². The minimum atomic E-state index is -2.57. The Balaban J connectivity index is 1.69. The summed E-state index contributed by atoms with van der Waals surface area (Å²) in [5, 5.41) is 45.2. The highest BCUT2D eigenvalue weighted by Crippen LogP contribution is 2.63. The molecule has 3 atom stereocenters. The van der Waals surface area contributed by atoms with Crippen molar-refractivity contribution in [1.29, 1.82) is 0 Å². The lowest BCUT2D eigenvalue weighted by atomic mass is 9.47. The van der Waals surface area contributed by atoms with E-state index in [4.69, 9.17) is 0 Å². The molecular weight excluding hydrogens is 508 g/mol. The number of benzene rings is 2. The number of fused-ring (bicyclic) bond motifs is 3. The summed E-state index contributed by atoms with van der Waals surface area (Å²) in [6.07, 6.45) is 0.903. The summed E-state index contributed by atoms with van der Waals surface area (Å²) in [7, 11) is 0. The molecule has 40 heavy (non-hydrogen) atoms. The van der Waals surface area contributed by atoms with Crippen LogP contribution >= 0.6 is 0 Å². The molecule has 0 unspecified atom stereocenters. The Morgan fingerprint density at radius 2 is 1.57 bits per heavy atom. The maximum atomic E-state index is 14.1. The minimum absolute atomic E-state index is 0.0711. The molecule has 0 radical (unpaired) electrons. The quantitative estimate of drug-likeness (QED) is 0.372. The standard InChI is InChI=1S/C33H36O7/c1-17(34)24-23(36)15-32(6)16-31(5)14-21-20(19-9-7-18(8-10-19)13-30(2,3)4)11-12-22(35)25(21)27(37)26(31)29(39)33(32,40)28(24)38/h7-12,35,37-38,40H,13-16H2,1-6H3/t31-,32+,33+/m1/s1. The highest BCUT2D eigenvalue weighted by atomic mass is 16.3. The number of aliphatic hydroxyl groups excluding tert-OH is 2. The van der Waals surface area contributed by atoms with Crippen molar-refractivity contribution < 1.29 is 34.8 Å². The second kappa shape index (κ2) is 8.64. The van der Waals surface area contributed by atoms with Crippen molar-refractivity contribution in [1.82, 2.24) is 0 Å². The number of rotatable bonds is 3. The molecule has 2 aromatic carbocycles. The van der Waals surface area contributed by atoms with Gasteiger partial charge in [-0.25, -0.2) is 0 Å². The third kappa shape index (κ3) is 3.85. The summed E-state index contributed by atoms with van der Waals surface area (Å²) in [5.74, 6) is -4.00. The summed E-state index contributed by atoms with van der Waals surface area (Å²) < 4.78 is 0. The van der Waals surface area contributed by atoms with Gasteiger partial charge in [0.15, 0.2) is 17.2 Å². The van der Waals surface area contributed by atoms with Gasteiger partial charge < -0.3 is 20.4 Å². The van der Waals surface area contributed by atoms with Gasteiger partial charge in [-0.2, -0.15) is 0 Å². The van der Waals surface area contributed by atoms with Gasteiger partial charge in [-0.05, 0) is 59.9 Å². The normalized spacial score (nSPS) is 28.3. The van der Waals surface area contributed by atoms with Crippen LogP contribution in [0.4, 0.5) is 0 Å². The van der Waals surface area contributed by atoms with E-state index in [0.29, 0.717) is 5.56 Å². The van der Waals surface area contributed by atoms with Gasteiger partial charge in [0.25, 0.3) is 0 Å². The van der Waals surface area contributed by atoms with Crippen molar-refractivity contribution in [3.8, 4) is 16.9 Å². The molecule has 1 fully saturated rings. The number of carbonyl (C=O) groups excluding carboxylic acids is 3. The zero-order valence-corrected chi connectivity index (χ0v) is 23.8. The molecule has 210 valence electrons. The lowest BCUT2D eigenvalue weighted by Crippen LogP contribution is -2.65. The number of allylic oxidation sites excluding steroid dienone is 1. The van der Waals surface area contributed by atoms with Crippen LogP contribution in [0.3, 0.4) is 0 Å². The molecular formula is C33H36O7. The number of hydrogen-bond acceptors (Lipinski definition) is 7. The molecule has 0 saturated heterocycles. The molecule has 7 heteroatoms. The zero-order chi connectivity index (χ0) is 29.6. The summed E-state index contributed by atoms with van der Waals surface area (Å²) in [4.78, 5) is 39.2. The largest absolute Gasteiger partial charge is 0.508 e. The monoisotopic (exact) mass is 544 g/mol. The first kappa shape index (κ1) is 27.8. The second-order valence-corrected chi connectivity index (χ2v) is 13.5. The number of phenols is 1. The fraction of sp³-hybridized carbons (Fsp3) is 0.424. The number of phenolic OH excluding ortho intramolecular Hbond substituents is 1. The van der Waals surface area contributed by atoms with Crippen molar-refractivity contribution in [2.45, 2.75) is 72.8 Å². The van der Waals surface area contributed by atoms with Gasteiger partial charge in [0.05, 0.1) is 5.56 Å². The zero-order valence-electron chi connectivity index (χ0n) is 23.8. The van der Waals surface area contributed by atoms with E-state index in [1.807, 2.05) is 12.1 Å². The topological polar surface area (TPSA) is 132 Å². The number of ketones is 3. The molecule has 0 spiro atoms. The Hall–Kier alpha value is -3.71. The van der Waals surface area contributed by atoms with Crippen LogP contribution in [-0.2, 0) is 27.2 Å². The first-order valence-corrected chi connectivity index (χ1v) is 13.6. The number of Topliss-reactive ketones (excluding diaryl/α,β-unsaturated/α-hetero) is 3. The average molecular weight is 545 g/mol. The van der Waals surface area contributed by atoms with Crippen LogP contribution in [0.5, 0.6) is 5.75 Å². The van der Waals surface area contributed by atoms with Crippen LogP contribution in [0.25, 0.3) is 16.9 Å². The molecule has 0 aliphatic heterocycles. The van der Waals surface area contributed by atoms with Crippen LogP contribution < -0.4 is 0 Å². The van der Waals surface area contributed by atoms with Crippen molar-refractivity contribution in [2.24, 2.45) is 16.2 Å². The van der Waals surface area contributed by atoms with Crippen LogP contribution in [-0.4, -0.2) is 43.4 Å². The first-order valence-electron chi connectivity index (χ1n) is 13.6. The molecule has 0 aromatic heterocycles. The van der Waals surface area contributed by atoms with E-state index in [0.717, 1.165) is 24.5 Å². The Kier molecular flexibility index (Phi) is 6.02. The molecule has 2 aromatic rings. The van der Waals surface area contributed by atoms with Gasteiger partial charge in [0.1, 0.15) is 22.8 Å². The van der Waals surface area contributed by atoms with Gasteiger partial charge >= 0.3 is 0 Å². The summed E-state index contributed by atoms with van der Waals surface area (Å²) >= 11 is 0. The number of aromatic hydroxyl groups is 1. The molecule has 0 amide bonds. The molecule has 3 aliphatic carbocycles. The van der Waals surface area contributed by atoms with Gasteiger partial charge in [-0.1, -0.05) is 65.0 Å². The molecule has 4 N–H and O–H groups in total. The van der Waals surface area contributed by atoms with E-state index >= 15 is 0 Å². The van der Waals surface area contributed by atoms with E-state index < -0.39 is 50.9 Å². The number of aliphatic hydroxyl groups is 3. The van der Waals surface area contributed by atoms with Gasteiger partial charge in [-0.15, -0.1) is 0 Å². The van der Waals surface area contributed by atoms with Crippen molar-refractivity contribution in [3.63, 3.8) is 0 Å². The minimum Gasteiger partial charge on any atom is -0.508 e. The maximum absolute atomic E-state index is 14.1. The maximum Gasteiger partial charge on any atom is 0.203 e. The second-order valence-electron chi connectivity index (χ2n) is 13.5. The van der Waals surface area contributed by atoms with Gasteiger partial charge in [0, 0.05) is 22.8 Å². The fourth-order valence-electron chi connectivity index (χ4n) is 7.34. The summed E-state index contributed by atoms with van der Waals surface area (Å²) in [6, 6.07) is 11.4. The van der Waals surface area contributed by atoms with Gasteiger partial charge in [0.2, 0.25) is 5.78 Å². The van der Waals surface area contributed by atoms with Gasteiger partial charge in [-0.3, -0.25) is 14.4 Å². The Morgan fingerprint density at radius 1 is 0.950 bits per heavy atom. The third-order valence-corrected chi connectivity index (χ3v) is 8.91. The van der Waals surface area contributed by atoms with Crippen molar-refractivity contribution in [3.05, 3.63) is 70.0 Å². The highest BCUT2D eigenvalue weighted by Gasteiger charge is 2.68. The lowest BCUT2D eigenvalue weighted by molar-refractivity contribution is -0.164. The Morgan fingerprint density at radius 3 is 2.15 bits per heavy atom. The summed E-state index contributed by atoms with van der Waals surface area (Å²) in [5.41, 5.74) is -1.99. The molecule has 5 rings (SSSR count). The molecule has 0 bridgehead atoms. The van der Waals surface area contributed by atoms with E-state index in [1.54, 1.807) is 19.9 Å². The first-order chi connectivity index (χ1) is 18.4.